The number of rotatable bonds is 6. The Morgan fingerprint density at radius 3 is 2.61 bits per heavy atom. The Morgan fingerprint density at radius 1 is 1.26 bits per heavy atom. The molecule has 23 heavy (non-hydrogen) atoms. The van der Waals surface area contributed by atoms with E-state index in [9.17, 15) is 4.79 Å². The molecule has 4 nitrogen and oxygen atoms in total. The Balaban J connectivity index is 2.01. The highest BCUT2D eigenvalue weighted by molar-refractivity contribution is 5.92. The van der Waals surface area contributed by atoms with Crippen LogP contribution in [0.5, 0.6) is 5.75 Å². The minimum absolute atomic E-state index is 0.0181. The van der Waals surface area contributed by atoms with Crippen molar-refractivity contribution in [1.82, 2.24) is 10.3 Å². The van der Waals surface area contributed by atoms with Crippen LogP contribution in [0, 0.1) is 0 Å². The molecule has 1 N–H and O–H groups in total. The molecule has 0 bridgehead atoms. The lowest BCUT2D eigenvalue weighted by Crippen LogP contribution is -2.37. The zero-order valence-corrected chi connectivity index (χ0v) is 14.2. The summed E-state index contributed by atoms with van der Waals surface area (Å²) in [5, 5.41) is 3.02. The molecule has 1 amide bonds. The standard InChI is InChI=1S/C19H24N2O2/c1-14(13-19(2,3)15-8-6-5-7-9-15)21-18(22)17-12-16(23-4)10-11-20-17/h5-12,14H,13H2,1-4H3,(H,21,22). The minimum atomic E-state index is -0.180. The van der Waals surface area contributed by atoms with Crippen molar-refractivity contribution < 1.29 is 9.53 Å². The van der Waals surface area contributed by atoms with Gasteiger partial charge in [0.2, 0.25) is 0 Å². The maximum absolute atomic E-state index is 12.3. The molecule has 0 spiro atoms. The van der Waals surface area contributed by atoms with E-state index in [1.165, 1.54) is 5.56 Å². The highest BCUT2D eigenvalue weighted by Gasteiger charge is 2.24. The number of ether oxygens (including phenoxy) is 1. The maximum Gasteiger partial charge on any atom is 0.270 e. The molecular formula is C19H24N2O2. The number of hydrogen-bond acceptors (Lipinski definition) is 3. The van der Waals surface area contributed by atoms with Crippen molar-refractivity contribution in [3.8, 4) is 5.75 Å². The summed E-state index contributed by atoms with van der Waals surface area (Å²) in [6.45, 7) is 6.40. The summed E-state index contributed by atoms with van der Waals surface area (Å²) in [5.74, 6) is 0.447. The zero-order valence-electron chi connectivity index (χ0n) is 14.2. The van der Waals surface area contributed by atoms with Crippen LogP contribution in [0.15, 0.2) is 48.7 Å². The van der Waals surface area contributed by atoms with Crippen LogP contribution in [0.3, 0.4) is 0 Å². The third kappa shape index (κ3) is 4.55. The summed E-state index contributed by atoms with van der Waals surface area (Å²) in [5.41, 5.74) is 1.62. The predicted octanol–water partition coefficient (Wildman–Crippen LogP) is 3.58. The molecule has 122 valence electrons. The van der Waals surface area contributed by atoms with E-state index in [2.05, 4.69) is 36.3 Å². The Kier molecular flexibility index (Phi) is 5.37. The van der Waals surface area contributed by atoms with Gasteiger partial charge in [-0.15, -0.1) is 0 Å². The fourth-order valence-electron chi connectivity index (χ4n) is 2.78. The number of benzene rings is 1. The minimum Gasteiger partial charge on any atom is -0.497 e. The number of amides is 1. The van der Waals surface area contributed by atoms with Crippen LogP contribution < -0.4 is 10.1 Å². The summed E-state index contributed by atoms with van der Waals surface area (Å²) in [4.78, 5) is 16.4. The molecule has 1 heterocycles. The first-order valence-corrected chi connectivity index (χ1v) is 7.79. The normalized spacial score (nSPS) is 12.5. The van der Waals surface area contributed by atoms with E-state index in [0.29, 0.717) is 11.4 Å². The van der Waals surface area contributed by atoms with Crippen LogP contribution in [0.2, 0.25) is 0 Å². The molecule has 0 aliphatic heterocycles. The van der Waals surface area contributed by atoms with Crippen LogP contribution in [-0.2, 0) is 5.41 Å². The maximum atomic E-state index is 12.3. The van der Waals surface area contributed by atoms with Gasteiger partial charge in [-0.05, 0) is 30.4 Å². The Hall–Kier alpha value is -2.36. The number of carbonyl (C=O) groups excluding carboxylic acids is 1. The summed E-state index contributed by atoms with van der Waals surface area (Å²) < 4.78 is 5.13. The molecule has 1 aromatic heterocycles. The fourth-order valence-corrected chi connectivity index (χ4v) is 2.78. The van der Waals surface area contributed by atoms with E-state index in [1.807, 2.05) is 25.1 Å². The number of nitrogens with zero attached hydrogens (tertiary/aromatic N) is 1. The average molecular weight is 312 g/mol. The monoisotopic (exact) mass is 312 g/mol. The van der Waals surface area contributed by atoms with E-state index in [1.54, 1.807) is 25.4 Å². The third-order valence-electron chi connectivity index (χ3n) is 3.95. The molecule has 1 atom stereocenters. The van der Waals surface area contributed by atoms with Crippen molar-refractivity contribution in [1.29, 1.82) is 0 Å². The van der Waals surface area contributed by atoms with E-state index >= 15 is 0 Å². The van der Waals surface area contributed by atoms with Crippen LogP contribution in [0.4, 0.5) is 0 Å². The number of methoxy groups -OCH3 is 1. The van der Waals surface area contributed by atoms with Crippen LogP contribution >= 0.6 is 0 Å². The molecule has 0 fully saturated rings. The van der Waals surface area contributed by atoms with Crippen LogP contribution in [-0.4, -0.2) is 24.0 Å². The number of nitrogens with one attached hydrogen (secondary N) is 1. The van der Waals surface area contributed by atoms with Gasteiger partial charge in [0.15, 0.2) is 0 Å². The van der Waals surface area contributed by atoms with Crippen molar-refractivity contribution in [2.24, 2.45) is 0 Å². The first-order chi connectivity index (χ1) is 10.9. The largest absolute Gasteiger partial charge is 0.497 e. The second-order valence-electron chi connectivity index (χ2n) is 6.41. The average Bonchev–Trinajstić information content (AvgIpc) is 2.55. The lowest BCUT2D eigenvalue weighted by atomic mass is 9.79. The van der Waals surface area contributed by atoms with Gasteiger partial charge in [-0.3, -0.25) is 9.78 Å². The molecule has 2 aromatic rings. The highest BCUT2D eigenvalue weighted by Crippen LogP contribution is 2.28. The smallest absolute Gasteiger partial charge is 0.270 e. The van der Waals surface area contributed by atoms with Gasteiger partial charge in [0.1, 0.15) is 11.4 Å². The van der Waals surface area contributed by atoms with Gasteiger partial charge in [-0.25, -0.2) is 0 Å². The van der Waals surface area contributed by atoms with Gasteiger partial charge in [-0.2, -0.15) is 0 Å². The third-order valence-corrected chi connectivity index (χ3v) is 3.95. The lowest BCUT2D eigenvalue weighted by molar-refractivity contribution is 0.0929. The van der Waals surface area contributed by atoms with Gasteiger partial charge in [0.25, 0.3) is 5.91 Å². The molecule has 2 rings (SSSR count). The van der Waals surface area contributed by atoms with Crippen molar-refractivity contribution in [2.45, 2.75) is 38.6 Å². The quantitative estimate of drug-likeness (QED) is 0.887. The summed E-state index contributed by atoms with van der Waals surface area (Å²) in [6.07, 6.45) is 2.42. The Morgan fingerprint density at radius 2 is 1.96 bits per heavy atom. The van der Waals surface area contributed by atoms with Gasteiger partial charge in [0.05, 0.1) is 7.11 Å². The molecule has 0 saturated heterocycles. The first kappa shape index (κ1) is 17.0. The van der Waals surface area contributed by atoms with Crippen molar-refractivity contribution in [2.75, 3.05) is 7.11 Å². The Bertz CT molecular complexity index is 653. The van der Waals surface area contributed by atoms with Crippen LogP contribution in [0.25, 0.3) is 0 Å². The molecule has 0 saturated carbocycles. The van der Waals surface area contributed by atoms with Crippen LogP contribution in [0.1, 0.15) is 43.2 Å². The molecule has 4 heteroatoms. The van der Waals surface area contributed by atoms with Crippen molar-refractivity contribution in [3.05, 3.63) is 59.9 Å². The summed E-state index contributed by atoms with van der Waals surface area (Å²) in [7, 11) is 1.57. The number of aromatic nitrogens is 1. The zero-order chi connectivity index (χ0) is 16.9. The molecular weight excluding hydrogens is 288 g/mol. The SMILES string of the molecule is COc1ccnc(C(=O)NC(C)CC(C)(C)c2ccccc2)c1. The number of hydrogen-bond donors (Lipinski definition) is 1. The van der Waals surface area contributed by atoms with E-state index in [4.69, 9.17) is 4.74 Å². The second kappa shape index (κ2) is 7.27. The van der Waals surface area contributed by atoms with E-state index in [0.717, 1.165) is 6.42 Å². The molecule has 0 radical (unpaired) electrons. The lowest BCUT2D eigenvalue weighted by Gasteiger charge is -2.29. The molecule has 0 aliphatic carbocycles. The van der Waals surface area contributed by atoms with Gasteiger partial charge in [0, 0.05) is 18.3 Å². The fraction of sp³-hybridized carbons (Fsp3) is 0.368. The number of carbonyl (C=O) groups is 1. The van der Waals surface area contributed by atoms with E-state index in [-0.39, 0.29) is 17.4 Å². The Labute approximate surface area is 137 Å². The van der Waals surface area contributed by atoms with Crippen molar-refractivity contribution in [3.63, 3.8) is 0 Å². The second-order valence-corrected chi connectivity index (χ2v) is 6.41. The highest BCUT2D eigenvalue weighted by atomic mass is 16.5. The van der Waals surface area contributed by atoms with E-state index < -0.39 is 0 Å². The topological polar surface area (TPSA) is 51.2 Å². The van der Waals surface area contributed by atoms with Gasteiger partial charge in [-0.1, -0.05) is 44.2 Å². The molecule has 0 aliphatic rings. The van der Waals surface area contributed by atoms with Gasteiger partial charge < -0.3 is 10.1 Å². The van der Waals surface area contributed by atoms with Gasteiger partial charge >= 0.3 is 0 Å². The summed E-state index contributed by atoms with van der Waals surface area (Å²) >= 11 is 0. The molecule has 1 unspecified atom stereocenters. The molecule has 1 aromatic carbocycles. The summed E-state index contributed by atoms with van der Waals surface area (Å²) in [6, 6.07) is 13.7. The first-order valence-electron chi connectivity index (χ1n) is 7.79. The number of pyridine rings is 1. The predicted molar refractivity (Wildman–Crippen MR) is 91.8 cm³/mol. The van der Waals surface area contributed by atoms with Crippen molar-refractivity contribution >= 4 is 5.91 Å².